The van der Waals surface area contributed by atoms with E-state index in [0.717, 1.165) is 0 Å². The zero-order valence-electron chi connectivity index (χ0n) is 17.6. The Hall–Kier alpha value is -3.88. The molecule has 9 nitrogen and oxygen atoms in total. The third kappa shape index (κ3) is 7.46. The van der Waals surface area contributed by atoms with Crippen molar-refractivity contribution in [2.75, 3.05) is 11.9 Å². The number of benzene rings is 2. The second kappa shape index (κ2) is 10.2. The highest BCUT2D eigenvalue weighted by Crippen LogP contribution is 2.26. The zero-order chi connectivity index (χ0) is 23.0. The largest absolute Gasteiger partial charge is 0.513 e. The second-order valence-corrected chi connectivity index (χ2v) is 7.17. The SMILES string of the molecule is CCOC(=O)Oc1cc(NC(=O)OC(C)(C)C)ccc1C(=O)OC(=O)c1ccccc1. The molecule has 0 aliphatic heterocycles. The molecule has 0 unspecified atom stereocenters. The Balaban J connectivity index is 2.25. The molecule has 0 aliphatic rings. The third-order valence-electron chi connectivity index (χ3n) is 3.50. The minimum absolute atomic E-state index is 0.0426. The lowest BCUT2D eigenvalue weighted by atomic mass is 10.1. The molecule has 2 rings (SSSR count). The first kappa shape index (κ1) is 23.4. The topological polar surface area (TPSA) is 117 Å². The van der Waals surface area contributed by atoms with Crippen molar-refractivity contribution in [3.8, 4) is 5.75 Å². The number of anilines is 1. The van der Waals surface area contributed by atoms with Gasteiger partial charge in [-0.2, -0.15) is 0 Å². The lowest BCUT2D eigenvalue weighted by Gasteiger charge is -2.20. The van der Waals surface area contributed by atoms with E-state index in [1.807, 2.05) is 0 Å². The minimum Gasteiger partial charge on any atom is -0.444 e. The molecule has 1 amide bonds. The van der Waals surface area contributed by atoms with Crippen LogP contribution in [0.5, 0.6) is 5.75 Å². The maximum absolute atomic E-state index is 12.5. The van der Waals surface area contributed by atoms with Gasteiger partial charge in [0.1, 0.15) is 11.2 Å². The summed E-state index contributed by atoms with van der Waals surface area (Å²) in [5.74, 6) is -2.18. The average Bonchev–Trinajstić information content (AvgIpc) is 2.67. The summed E-state index contributed by atoms with van der Waals surface area (Å²) in [5.41, 5.74) is -0.589. The van der Waals surface area contributed by atoms with Crippen LogP contribution in [0.3, 0.4) is 0 Å². The summed E-state index contributed by atoms with van der Waals surface area (Å²) in [5, 5.41) is 2.46. The summed E-state index contributed by atoms with van der Waals surface area (Å²) < 4.78 is 19.8. The van der Waals surface area contributed by atoms with Crippen molar-refractivity contribution < 1.29 is 38.1 Å². The van der Waals surface area contributed by atoms with Crippen LogP contribution in [0.2, 0.25) is 0 Å². The van der Waals surface area contributed by atoms with E-state index >= 15 is 0 Å². The van der Waals surface area contributed by atoms with E-state index in [4.69, 9.17) is 18.9 Å². The van der Waals surface area contributed by atoms with Crippen LogP contribution < -0.4 is 10.1 Å². The summed E-state index contributed by atoms with van der Waals surface area (Å²) in [6, 6.07) is 11.7. The maximum atomic E-state index is 12.5. The standard InChI is InChI=1S/C22H23NO8/c1-5-28-21(27)29-17-13-15(23-20(26)31-22(2,3)4)11-12-16(17)19(25)30-18(24)14-9-7-6-8-10-14/h6-13H,5H2,1-4H3,(H,23,26). The summed E-state index contributed by atoms with van der Waals surface area (Å²) in [7, 11) is 0. The molecular weight excluding hydrogens is 406 g/mol. The quantitative estimate of drug-likeness (QED) is 0.318. The Morgan fingerprint density at radius 2 is 1.61 bits per heavy atom. The highest BCUT2D eigenvalue weighted by atomic mass is 16.7. The fraction of sp³-hybridized carbons (Fsp3) is 0.273. The molecule has 0 saturated carbocycles. The van der Waals surface area contributed by atoms with Crippen molar-refractivity contribution in [2.24, 2.45) is 0 Å². The van der Waals surface area contributed by atoms with Gasteiger partial charge in [-0.25, -0.2) is 19.2 Å². The first-order chi connectivity index (χ1) is 14.6. The molecule has 0 spiro atoms. The predicted molar refractivity (Wildman–Crippen MR) is 110 cm³/mol. The lowest BCUT2D eigenvalue weighted by Crippen LogP contribution is -2.27. The number of hydrogen-bond donors (Lipinski definition) is 1. The Bertz CT molecular complexity index is 963. The molecule has 2 aromatic rings. The number of carbonyl (C=O) groups excluding carboxylic acids is 4. The number of esters is 2. The van der Waals surface area contributed by atoms with Crippen molar-refractivity contribution in [1.29, 1.82) is 0 Å². The first-order valence-electron chi connectivity index (χ1n) is 9.39. The smallest absolute Gasteiger partial charge is 0.444 e. The molecule has 0 aromatic heterocycles. The molecule has 1 N–H and O–H groups in total. The number of hydrogen-bond acceptors (Lipinski definition) is 8. The van der Waals surface area contributed by atoms with Crippen molar-refractivity contribution >= 4 is 29.9 Å². The Labute approximate surface area is 179 Å². The van der Waals surface area contributed by atoms with Gasteiger partial charge in [-0.15, -0.1) is 0 Å². The van der Waals surface area contributed by atoms with Gasteiger partial charge in [-0.1, -0.05) is 18.2 Å². The van der Waals surface area contributed by atoms with Crippen LogP contribution in [0.4, 0.5) is 15.3 Å². The molecule has 0 radical (unpaired) electrons. The van der Waals surface area contributed by atoms with Gasteiger partial charge in [0, 0.05) is 11.8 Å². The fourth-order valence-corrected chi connectivity index (χ4v) is 2.28. The fourth-order valence-electron chi connectivity index (χ4n) is 2.28. The molecule has 9 heteroatoms. The van der Waals surface area contributed by atoms with Gasteiger partial charge in [-0.3, -0.25) is 5.32 Å². The number of amides is 1. The molecule has 0 bridgehead atoms. The van der Waals surface area contributed by atoms with Crippen LogP contribution in [0.25, 0.3) is 0 Å². The first-order valence-corrected chi connectivity index (χ1v) is 9.39. The molecule has 0 fully saturated rings. The molecule has 31 heavy (non-hydrogen) atoms. The van der Waals surface area contributed by atoms with Crippen molar-refractivity contribution in [3.63, 3.8) is 0 Å². The van der Waals surface area contributed by atoms with Crippen LogP contribution >= 0.6 is 0 Å². The van der Waals surface area contributed by atoms with E-state index in [9.17, 15) is 19.2 Å². The Kier molecular flexibility index (Phi) is 7.73. The van der Waals surface area contributed by atoms with Gasteiger partial charge in [0.15, 0.2) is 5.75 Å². The van der Waals surface area contributed by atoms with Gasteiger partial charge in [-0.05, 0) is 52.0 Å². The lowest BCUT2D eigenvalue weighted by molar-refractivity contribution is 0.0395. The number of nitrogens with one attached hydrogen (secondary N) is 1. The number of carbonyl (C=O) groups is 4. The second-order valence-electron chi connectivity index (χ2n) is 7.17. The summed E-state index contributed by atoms with van der Waals surface area (Å²) >= 11 is 0. The summed E-state index contributed by atoms with van der Waals surface area (Å²) in [6.07, 6.45) is -1.82. The highest BCUT2D eigenvalue weighted by molar-refractivity contribution is 6.04. The molecule has 0 atom stereocenters. The maximum Gasteiger partial charge on any atom is 0.513 e. The number of ether oxygens (including phenoxy) is 4. The third-order valence-corrected chi connectivity index (χ3v) is 3.50. The van der Waals surface area contributed by atoms with Crippen molar-refractivity contribution in [1.82, 2.24) is 0 Å². The van der Waals surface area contributed by atoms with E-state index in [2.05, 4.69) is 5.32 Å². The van der Waals surface area contributed by atoms with Crippen LogP contribution in [-0.4, -0.2) is 36.4 Å². The minimum atomic E-state index is -1.07. The average molecular weight is 429 g/mol. The molecule has 0 saturated heterocycles. The van der Waals surface area contributed by atoms with E-state index in [0.29, 0.717) is 0 Å². The highest BCUT2D eigenvalue weighted by Gasteiger charge is 2.23. The van der Waals surface area contributed by atoms with E-state index < -0.39 is 29.8 Å². The van der Waals surface area contributed by atoms with Crippen LogP contribution in [-0.2, 0) is 14.2 Å². The molecule has 0 aliphatic carbocycles. The monoisotopic (exact) mass is 429 g/mol. The predicted octanol–water partition coefficient (Wildman–Crippen LogP) is 4.57. The molecular formula is C22H23NO8. The van der Waals surface area contributed by atoms with Crippen LogP contribution in [0.15, 0.2) is 48.5 Å². The zero-order valence-corrected chi connectivity index (χ0v) is 17.6. The van der Waals surface area contributed by atoms with Gasteiger partial charge >= 0.3 is 24.2 Å². The Morgan fingerprint density at radius 3 is 2.23 bits per heavy atom. The van der Waals surface area contributed by atoms with Crippen LogP contribution in [0, 0.1) is 0 Å². The van der Waals surface area contributed by atoms with Gasteiger partial charge in [0.05, 0.1) is 12.2 Å². The van der Waals surface area contributed by atoms with Gasteiger partial charge in [0.25, 0.3) is 0 Å². The number of rotatable bonds is 5. The normalized spacial score (nSPS) is 10.6. The van der Waals surface area contributed by atoms with Crippen molar-refractivity contribution in [2.45, 2.75) is 33.3 Å². The van der Waals surface area contributed by atoms with E-state index in [1.165, 1.54) is 30.3 Å². The van der Waals surface area contributed by atoms with Gasteiger partial charge in [0.2, 0.25) is 0 Å². The van der Waals surface area contributed by atoms with E-state index in [-0.39, 0.29) is 29.2 Å². The van der Waals surface area contributed by atoms with Gasteiger partial charge < -0.3 is 18.9 Å². The molecule has 0 heterocycles. The molecule has 164 valence electrons. The summed E-state index contributed by atoms with van der Waals surface area (Å²) in [4.78, 5) is 48.4. The van der Waals surface area contributed by atoms with Crippen LogP contribution in [0.1, 0.15) is 48.4 Å². The molecule has 2 aromatic carbocycles. The Morgan fingerprint density at radius 1 is 0.935 bits per heavy atom. The summed E-state index contributed by atoms with van der Waals surface area (Å²) in [6.45, 7) is 6.72. The van der Waals surface area contributed by atoms with Crippen molar-refractivity contribution in [3.05, 3.63) is 59.7 Å². The van der Waals surface area contributed by atoms with E-state index in [1.54, 1.807) is 45.9 Å².